The van der Waals surface area contributed by atoms with E-state index in [4.69, 9.17) is 5.14 Å². The van der Waals surface area contributed by atoms with E-state index in [9.17, 15) is 8.42 Å². The molecule has 0 bridgehead atoms. The first-order valence-corrected chi connectivity index (χ1v) is 11.3. The highest BCUT2D eigenvalue weighted by Gasteiger charge is 2.21. The summed E-state index contributed by atoms with van der Waals surface area (Å²) in [4.78, 5) is 4.22. The smallest absolute Gasteiger partial charge is 0.262 e. The second-order valence-corrected chi connectivity index (χ2v) is 8.96. The van der Waals surface area contributed by atoms with Crippen molar-refractivity contribution >= 4 is 27.2 Å². The van der Waals surface area contributed by atoms with Crippen LogP contribution in [0.1, 0.15) is 41.8 Å². The number of aryl methyl sites for hydroxylation is 1. The number of nitrogens with one attached hydrogen (secondary N) is 2. The summed E-state index contributed by atoms with van der Waals surface area (Å²) in [6.45, 7) is 2.20. The molecule has 1 atom stereocenters. The molecule has 0 spiro atoms. The fraction of sp³-hybridized carbons (Fsp3) is 0.250. The molecule has 7 heteroatoms. The molecule has 0 amide bonds. The molecule has 0 saturated heterocycles. The molecule has 0 aliphatic rings. The summed E-state index contributed by atoms with van der Waals surface area (Å²) in [5.74, 6) is 0.718. The lowest BCUT2D eigenvalue weighted by Crippen LogP contribution is -2.21. The number of nitrogens with two attached hydrogens (primary N) is 1. The molecule has 1 aromatic carbocycles. The predicted molar refractivity (Wildman–Crippen MR) is 109 cm³/mol. The Bertz CT molecular complexity index is 951. The van der Waals surface area contributed by atoms with Gasteiger partial charge in [0.2, 0.25) is 10.0 Å². The topological polar surface area (TPSA) is 86.3 Å². The van der Waals surface area contributed by atoms with Crippen LogP contribution in [-0.4, -0.2) is 8.42 Å². The van der Waals surface area contributed by atoms with E-state index in [1.165, 1.54) is 35.5 Å². The zero-order chi connectivity index (χ0) is 19.3. The van der Waals surface area contributed by atoms with Gasteiger partial charge in [0, 0.05) is 11.6 Å². The van der Waals surface area contributed by atoms with Crippen molar-refractivity contribution in [2.24, 2.45) is 5.14 Å². The average Bonchev–Trinajstić information content (AvgIpc) is 3.19. The van der Waals surface area contributed by atoms with E-state index in [1.54, 1.807) is 17.4 Å². The van der Waals surface area contributed by atoms with Gasteiger partial charge in [-0.15, -0.1) is 11.3 Å². The van der Waals surface area contributed by atoms with Crippen molar-refractivity contribution in [1.29, 1.82) is 0 Å². The standard InChI is InChI=1S/C20H23N3O2S2/c1-2-3-5-15-7-9-16(10-8-15)20(18-6-4-13-26-18)23-19-12-11-17(14-22-19)27(21,24)25/h4,6-14,20H,2-3,5H2,1H3,(H,22,23)(H2,21,24,25)/p+1/t20-/m1/s1. The number of thiophene rings is 1. The van der Waals surface area contributed by atoms with Crippen LogP contribution >= 0.6 is 11.3 Å². The number of sulfonamides is 1. The Labute approximate surface area is 164 Å². The number of hydrogen-bond donors (Lipinski definition) is 2. The van der Waals surface area contributed by atoms with Gasteiger partial charge in [0.25, 0.3) is 5.82 Å². The van der Waals surface area contributed by atoms with Crippen LogP contribution in [0.4, 0.5) is 5.82 Å². The largest absolute Gasteiger partial charge is 0.273 e. The maximum Gasteiger partial charge on any atom is 0.273 e. The molecule has 0 aliphatic heterocycles. The van der Waals surface area contributed by atoms with Crippen molar-refractivity contribution in [2.75, 3.05) is 5.32 Å². The molecule has 2 heterocycles. The van der Waals surface area contributed by atoms with Gasteiger partial charge in [-0.2, -0.15) is 0 Å². The SMILES string of the molecule is CCCCc1ccc([C@@H](Nc2ccc(S(N)(=O)=O)c[nH+]2)c2cccs2)cc1. The van der Waals surface area contributed by atoms with Crippen LogP contribution in [0.5, 0.6) is 0 Å². The second kappa shape index (κ2) is 8.65. The van der Waals surface area contributed by atoms with Crippen LogP contribution in [0.25, 0.3) is 0 Å². The van der Waals surface area contributed by atoms with Gasteiger partial charge in [-0.1, -0.05) is 43.7 Å². The molecule has 0 saturated carbocycles. The van der Waals surface area contributed by atoms with Crippen molar-refractivity contribution in [3.63, 3.8) is 0 Å². The number of aromatic amines is 1. The number of hydrogen-bond acceptors (Lipinski definition) is 4. The van der Waals surface area contributed by atoms with Crippen LogP contribution in [-0.2, 0) is 16.4 Å². The van der Waals surface area contributed by atoms with Crippen LogP contribution < -0.4 is 15.4 Å². The van der Waals surface area contributed by atoms with Crippen molar-refractivity contribution in [1.82, 2.24) is 0 Å². The maximum atomic E-state index is 11.4. The number of benzene rings is 1. The van der Waals surface area contributed by atoms with Crippen LogP contribution in [0.2, 0.25) is 0 Å². The van der Waals surface area contributed by atoms with Gasteiger partial charge in [-0.25, -0.2) is 18.5 Å². The van der Waals surface area contributed by atoms with E-state index in [0.717, 1.165) is 17.8 Å². The lowest BCUT2D eigenvalue weighted by Gasteiger charge is -2.14. The van der Waals surface area contributed by atoms with E-state index in [2.05, 4.69) is 47.6 Å². The van der Waals surface area contributed by atoms with Gasteiger partial charge in [-0.05, 0) is 35.9 Å². The number of primary sulfonamides is 1. The van der Waals surface area contributed by atoms with Gasteiger partial charge < -0.3 is 0 Å². The zero-order valence-corrected chi connectivity index (χ0v) is 16.8. The molecule has 0 aliphatic carbocycles. The van der Waals surface area contributed by atoms with E-state index in [1.807, 2.05) is 11.4 Å². The molecule has 27 heavy (non-hydrogen) atoms. The molecule has 142 valence electrons. The molecule has 3 aromatic rings. The zero-order valence-electron chi connectivity index (χ0n) is 15.2. The summed E-state index contributed by atoms with van der Waals surface area (Å²) in [6, 6.07) is 15.9. The third-order valence-electron chi connectivity index (χ3n) is 4.37. The molecule has 5 nitrogen and oxygen atoms in total. The molecular weight excluding hydrogens is 378 g/mol. The minimum absolute atomic E-state index is 0.0261. The van der Waals surface area contributed by atoms with E-state index >= 15 is 0 Å². The van der Waals surface area contributed by atoms with E-state index in [0.29, 0.717) is 0 Å². The lowest BCUT2D eigenvalue weighted by atomic mass is 10.0. The Morgan fingerprint density at radius 1 is 1.15 bits per heavy atom. The molecule has 4 N–H and O–H groups in total. The Morgan fingerprint density at radius 2 is 1.93 bits per heavy atom. The first kappa shape index (κ1) is 19.5. The summed E-state index contributed by atoms with van der Waals surface area (Å²) < 4.78 is 22.8. The van der Waals surface area contributed by atoms with E-state index < -0.39 is 10.0 Å². The molecular formula is C20H24N3O2S2+. The van der Waals surface area contributed by atoms with E-state index in [-0.39, 0.29) is 10.9 Å². The summed E-state index contributed by atoms with van der Waals surface area (Å²) >= 11 is 1.68. The monoisotopic (exact) mass is 402 g/mol. The van der Waals surface area contributed by atoms with Gasteiger partial charge in [0.05, 0.1) is 4.88 Å². The Kier molecular flexibility index (Phi) is 6.26. The van der Waals surface area contributed by atoms with Crippen LogP contribution in [0.3, 0.4) is 0 Å². The highest BCUT2D eigenvalue weighted by atomic mass is 32.2. The lowest BCUT2D eigenvalue weighted by molar-refractivity contribution is -0.364. The van der Waals surface area contributed by atoms with Crippen molar-refractivity contribution < 1.29 is 13.4 Å². The number of pyridine rings is 1. The summed E-state index contributed by atoms with van der Waals surface area (Å²) in [6.07, 6.45) is 4.87. The third-order valence-corrected chi connectivity index (χ3v) is 6.22. The van der Waals surface area contributed by atoms with Crippen molar-refractivity contribution in [3.8, 4) is 0 Å². The first-order chi connectivity index (χ1) is 13.0. The molecule has 3 rings (SSSR count). The third kappa shape index (κ3) is 5.15. The van der Waals surface area contributed by atoms with Crippen LogP contribution in [0, 0.1) is 0 Å². The highest BCUT2D eigenvalue weighted by molar-refractivity contribution is 7.89. The summed E-state index contributed by atoms with van der Waals surface area (Å²) in [5, 5.41) is 10.7. The van der Waals surface area contributed by atoms with Crippen LogP contribution in [0.15, 0.2) is 65.0 Å². The number of unbranched alkanes of at least 4 members (excludes halogenated alkanes) is 1. The number of aromatic nitrogens is 1. The maximum absolute atomic E-state index is 11.4. The van der Waals surface area contributed by atoms with Gasteiger partial charge in [0.15, 0.2) is 6.04 Å². The molecule has 0 radical (unpaired) electrons. The average molecular weight is 403 g/mol. The number of anilines is 1. The summed E-state index contributed by atoms with van der Waals surface area (Å²) in [7, 11) is -3.71. The second-order valence-electron chi connectivity index (χ2n) is 6.42. The number of H-pyrrole nitrogens is 1. The minimum Gasteiger partial charge on any atom is -0.262 e. The predicted octanol–water partition coefficient (Wildman–Crippen LogP) is 3.75. The Morgan fingerprint density at radius 3 is 2.48 bits per heavy atom. The quantitative estimate of drug-likeness (QED) is 0.601. The fourth-order valence-electron chi connectivity index (χ4n) is 2.86. The molecule has 2 aromatic heterocycles. The summed E-state index contributed by atoms with van der Waals surface area (Å²) in [5.41, 5.74) is 2.50. The molecule has 0 fully saturated rings. The van der Waals surface area contributed by atoms with Crippen molar-refractivity contribution in [3.05, 3.63) is 76.1 Å². The van der Waals surface area contributed by atoms with Crippen molar-refractivity contribution in [2.45, 2.75) is 37.1 Å². The van der Waals surface area contributed by atoms with Gasteiger partial charge >= 0.3 is 0 Å². The normalized spacial score (nSPS) is 12.7. The first-order valence-electron chi connectivity index (χ1n) is 8.90. The van der Waals surface area contributed by atoms with Gasteiger partial charge in [0.1, 0.15) is 11.1 Å². The molecule has 0 unspecified atom stereocenters. The highest BCUT2D eigenvalue weighted by Crippen LogP contribution is 2.29. The fourth-order valence-corrected chi connectivity index (χ4v) is 4.15. The van der Waals surface area contributed by atoms with Gasteiger partial charge in [-0.3, -0.25) is 5.32 Å². The minimum atomic E-state index is -3.71. The Balaban J connectivity index is 1.84. The Hall–Kier alpha value is -2.22. The number of rotatable bonds is 8.